The second-order valence-corrected chi connectivity index (χ2v) is 5.01. The standard InChI is InChI=1S/C11H21N3O2/c1-14(2)5-3-8(15)13-10-9(12)7-4-6-16-11(7)10/h7,9-11H,3-6,12H2,1-2H3,(H,13,15). The molecule has 1 heterocycles. The molecule has 1 aliphatic heterocycles. The molecule has 4 atom stereocenters. The van der Waals surface area contributed by atoms with Crippen LogP contribution in [0.5, 0.6) is 0 Å². The second-order valence-electron chi connectivity index (χ2n) is 5.01. The summed E-state index contributed by atoms with van der Waals surface area (Å²) in [7, 11) is 3.91. The van der Waals surface area contributed by atoms with Gasteiger partial charge < -0.3 is 20.7 Å². The number of ether oxygens (including phenoxy) is 1. The van der Waals surface area contributed by atoms with Gasteiger partial charge in [0, 0.05) is 31.5 Å². The topological polar surface area (TPSA) is 67.6 Å². The summed E-state index contributed by atoms with van der Waals surface area (Å²) in [6, 6.07) is 0.109. The van der Waals surface area contributed by atoms with Crippen molar-refractivity contribution in [3.05, 3.63) is 0 Å². The molecule has 4 unspecified atom stereocenters. The predicted molar refractivity (Wildman–Crippen MR) is 60.9 cm³/mol. The fourth-order valence-corrected chi connectivity index (χ4v) is 2.51. The third kappa shape index (κ3) is 2.21. The molecule has 16 heavy (non-hydrogen) atoms. The Hall–Kier alpha value is -0.650. The lowest BCUT2D eigenvalue weighted by Gasteiger charge is -2.45. The SMILES string of the molecule is CN(C)CCC(=O)NC1C(N)C2CCOC21. The van der Waals surface area contributed by atoms with Crippen molar-refractivity contribution in [2.75, 3.05) is 27.2 Å². The average Bonchev–Trinajstić information content (AvgIpc) is 2.67. The Balaban J connectivity index is 1.75. The molecular formula is C11H21N3O2. The van der Waals surface area contributed by atoms with Crippen LogP contribution >= 0.6 is 0 Å². The number of carbonyl (C=O) groups is 1. The minimum Gasteiger partial charge on any atom is -0.376 e. The lowest BCUT2D eigenvalue weighted by Crippen LogP contribution is -2.69. The van der Waals surface area contributed by atoms with Crippen LogP contribution in [0.3, 0.4) is 0 Å². The van der Waals surface area contributed by atoms with Crippen LogP contribution in [-0.2, 0) is 9.53 Å². The number of fused-ring (bicyclic) bond motifs is 1. The van der Waals surface area contributed by atoms with Gasteiger partial charge in [-0.25, -0.2) is 0 Å². The first-order valence-corrected chi connectivity index (χ1v) is 5.91. The molecule has 5 nitrogen and oxygen atoms in total. The first-order valence-electron chi connectivity index (χ1n) is 5.91. The molecule has 2 aliphatic rings. The molecule has 3 N–H and O–H groups in total. The Bertz CT molecular complexity index is 270. The van der Waals surface area contributed by atoms with E-state index in [0.717, 1.165) is 19.6 Å². The van der Waals surface area contributed by atoms with Gasteiger partial charge in [-0.05, 0) is 20.5 Å². The van der Waals surface area contributed by atoms with Gasteiger partial charge in [-0.15, -0.1) is 0 Å². The van der Waals surface area contributed by atoms with Gasteiger partial charge >= 0.3 is 0 Å². The van der Waals surface area contributed by atoms with Crippen LogP contribution in [-0.4, -0.2) is 56.2 Å². The molecule has 1 saturated carbocycles. The van der Waals surface area contributed by atoms with Crippen LogP contribution in [0.25, 0.3) is 0 Å². The number of carbonyl (C=O) groups excluding carboxylic acids is 1. The molecule has 0 aromatic heterocycles. The molecule has 0 spiro atoms. The van der Waals surface area contributed by atoms with Gasteiger partial charge in [0.05, 0.1) is 12.1 Å². The monoisotopic (exact) mass is 227 g/mol. The maximum Gasteiger partial charge on any atom is 0.221 e. The van der Waals surface area contributed by atoms with Crippen molar-refractivity contribution >= 4 is 5.91 Å². The van der Waals surface area contributed by atoms with E-state index in [1.54, 1.807) is 0 Å². The number of hydrogen-bond acceptors (Lipinski definition) is 4. The molecule has 1 aliphatic carbocycles. The highest BCUT2D eigenvalue weighted by molar-refractivity contribution is 5.76. The maximum atomic E-state index is 11.6. The number of nitrogens with zero attached hydrogens (tertiary/aromatic N) is 1. The Labute approximate surface area is 96.3 Å². The Morgan fingerprint density at radius 1 is 1.56 bits per heavy atom. The summed E-state index contributed by atoms with van der Waals surface area (Å²) in [5.41, 5.74) is 6.01. The van der Waals surface area contributed by atoms with E-state index in [2.05, 4.69) is 5.32 Å². The fraction of sp³-hybridized carbons (Fsp3) is 0.909. The molecule has 5 heteroatoms. The third-order valence-corrected chi connectivity index (χ3v) is 3.56. The predicted octanol–water partition coefficient (Wildman–Crippen LogP) is -0.831. The summed E-state index contributed by atoms with van der Waals surface area (Å²) in [5.74, 6) is 0.530. The molecule has 92 valence electrons. The van der Waals surface area contributed by atoms with Crippen molar-refractivity contribution in [3.63, 3.8) is 0 Å². The number of nitrogens with two attached hydrogens (primary N) is 1. The van der Waals surface area contributed by atoms with Gasteiger partial charge in [0.2, 0.25) is 5.91 Å². The Morgan fingerprint density at radius 3 is 3.00 bits per heavy atom. The quantitative estimate of drug-likeness (QED) is 0.658. The molecule has 0 radical (unpaired) electrons. The van der Waals surface area contributed by atoms with Gasteiger partial charge in [0.15, 0.2) is 0 Å². The minimum absolute atomic E-state index is 0.0298. The van der Waals surface area contributed by atoms with Gasteiger partial charge in [-0.3, -0.25) is 4.79 Å². The molecular weight excluding hydrogens is 206 g/mol. The molecule has 0 aromatic carbocycles. The first kappa shape index (κ1) is 11.8. The molecule has 0 bridgehead atoms. The fourth-order valence-electron chi connectivity index (χ4n) is 2.51. The van der Waals surface area contributed by atoms with Crippen molar-refractivity contribution in [2.45, 2.75) is 31.0 Å². The summed E-state index contributed by atoms with van der Waals surface area (Å²) in [6.07, 6.45) is 1.72. The highest BCUT2D eigenvalue weighted by atomic mass is 16.5. The van der Waals surface area contributed by atoms with E-state index in [1.807, 2.05) is 19.0 Å². The van der Waals surface area contributed by atoms with E-state index < -0.39 is 0 Å². The van der Waals surface area contributed by atoms with Crippen LogP contribution in [0.1, 0.15) is 12.8 Å². The zero-order chi connectivity index (χ0) is 11.7. The molecule has 1 amide bonds. The van der Waals surface area contributed by atoms with Crippen LogP contribution in [0, 0.1) is 5.92 Å². The summed E-state index contributed by atoms with van der Waals surface area (Å²) in [6.45, 7) is 1.55. The van der Waals surface area contributed by atoms with Gasteiger partial charge in [0.1, 0.15) is 0 Å². The third-order valence-electron chi connectivity index (χ3n) is 3.56. The Morgan fingerprint density at radius 2 is 2.31 bits per heavy atom. The van der Waals surface area contributed by atoms with Crippen LogP contribution < -0.4 is 11.1 Å². The van der Waals surface area contributed by atoms with E-state index in [9.17, 15) is 4.79 Å². The largest absolute Gasteiger partial charge is 0.376 e. The molecule has 2 rings (SSSR count). The number of rotatable bonds is 4. The summed E-state index contributed by atoms with van der Waals surface area (Å²) in [4.78, 5) is 13.6. The minimum atomic E-state index is 0.0298. The molecule has 1 saturated heterocycles. The highest BCUT2D eigenvalue weighted by Gasteiger charge is 2.52. The van der Waals surface area contributed by atoms with E-state index in [0.29, 0.717) is 12.3 Å². The van der Waals surface area contributed by atoms with E-state index in [4.69, 9.17) is 10.5 Å². The van der Waals surface area contributed by atoms with Crippen LogP contribution in [0.15, 0.2) is 0 Å². The van der Waals surface area contributed by atoms with E-state index >= 15 is 0 Å². The van der Waals surface area contributed by atoms with Gasteiger partial charge in [0.25, 0.3) is 0 Å². The van der Waals surface area contributed by atoms with Crippen LogP contribution in [0.4, 0.5) is 0 Å². The zero-order valence-electron chi connectivity index (χ0n) is 9.98. The number of amides is 1. The van der Waals surface area contributed by atoms with Gasteiger partial charge in [-0.2, -0.15) is 0 Å². The zero-order valence-corrected chi connectivity index (χ0v) is 9.98. The lowest BCUT2D eigenvalue weighted by molar-refractivity contribution is -0.125. The highest BCUT2D eigenvalue weighted by Crippen LogP contribution is 2.37. The second kappa shape index (κ2) is 4.69. The van der Waals surface area contributed by atoms with Crippen molar-refractivity contribution in [3.8, 4) is 0 Å². The number of nitrogens with one attached hydrogen (secondary N) is 1. The lowest BCUT2D eigenvalue weighted by atomic mass is 9.72. The van der Waals surface area contributed by atoms with E-state index in [1.165, 1.54) is 0 Å². The number of hydrogen-bond donors (Lipinski definition) is 2. The smallest absolute Gasteiger partial charge is 0.221 e. The maximum absolute atomic E-state index is 11.6. The van der Waals surface area contributed by atoms with Crippen molar-refractivity contribution in [1.29, 1.82) is 0 Å². The van der Waals surface area contributed by atoms with Gasteiger partial charge in [-0.1, -0.05) is 0 Å². The average molecular weight is 227 g/mol. The summed E-state index contributed by atoms with van der Waals surface area (Å²) >= 11 is 0. The van der Waals surface area contributed by atoms with Crippen molar-refractivity contribution in [1.82, 2.24) is 10.2 Å². The molecule has 0 aromatic rings. The van der Waals surface area contributed by atoms with Crippen LogP contribution in [0.2, 0.25) is 0 Å². The first-order chi connectivity index (χ1) is 7.59. The Kier molecular flexibility index (Phi) is 3.47. The van der Waals surface area contributed by atoms with E-state index in [-0.39, 0.29) is 24.1 Å². The molecule has 2 fully saturated rings. The summed E-state index contributed by atoms with van der Waals surface area (Å²) in [5, 5.41) is 2.98. The normalized spacial score (nSPS) is 37.0. The van der Waals surface area contributed by atoms with Crippen molar-refractivity contribution < 1.29 is 9.53 Å². The summed E-state index contributed by atoms with van der Waals surface area (Å²) < 4.78 is 5.56. The van der Waals surface area contributed by atoms with Crippen molar-refractivity contribution in [2.24, 2.45) is 11.7 Å².